The van der Waals surface area contributed by atoms with E-state index in [0.717, 1.165) is 17.1 Å². The molecule has 2 aliphatic heterocycles. The van der Waals surface area contributed by atoms with Crippen LogP contribution in [0.15, 0.2) is 54.9 Å². The highest BCUT2D eigenvalue weighted by Gasteiger charge is 2.32. The number of hydrogen-bond acceptors (Lipinski definition) is 4. The van der Waals surface area contributed by atoms with Gasteiger partial charge >= 0.3 is 0 Å². The summed E-state index contributed by atoms with van der Waals surface area (Å²) in [4.78, 5) is 33.5. The quantitative estimate of drug-likeness (QED) is 0.633. The van der Waals surface area contributed by atoms with Crippen LogP contribution in [0, 0.1) is 5.82 Å². The van der Waals surface area contributed by atoms with Crippen molar-refractivity contribution in [3.63, 3.8) is 0 Å². The summed E-state index contributed by atoms with van der Waals surface area (Å²) >= 11 is 0. The first kappa shape index (κ1) is 20.2. The summed E-state index contributed by atoms with van der Waals surface area (Å²) in [5, 5.41) is 0. The van der Waals surface area contributed by atoms with E-state index in [1.807, 2.05) is 28.8 Å². The molecule has 7 nitrogen and oxygen atoms in total. The van der Waals surface area contributed by atoms with Crippen molar-refractivity contribution in [2.45, 2.75) is 32.4 Å². The molecule has 32 heavy (non-hydrogen) atoms. The maximum Gasteiger partial charge on any atom is 0.267 e. The van der Waals surface area contributed by atoms with Gasteiger partial charge in [0.2, 0.25) is 5.91 Å². The molecule has 0 bridgehead atoms. The molecule has 3 heterocycles. The Kier molecular flexibility index (Phi) is 5.13. The fourth-order valence-corrected chi connectivity index (χ4v) is 4.30. The van der Waals surface area contributed by atoms with Gasteiger partial charge in [-0.2, -0.15) is 0 Å². The Bertz CT molecular complexity index is 1170. The van der Waals surface area contributed by atoms with Crippen LogP contribution in [-0.4, -0.2) is 45.5 Å². The Balaban J connectivity index is 1.26. The number of rotatable bonds is 4. The Morgan fingerprint density at radius 3 is 2.78 bits per heavy atom. The van der Waals surface area contributed by atoms with Crippen molar-refractivity contribution >= 4 is 17.5 Å². The maximum absolute atomic E-state index is 13.2. The van der Waals surface area contributed by atoms with Crippen molar-refractivity contribution in [3.05, 3.63) is 72.1 Å². The van der Waals surface area contributed by atoms with Crippen molar-refractivity contribution in [1.82, 2.24) is 14.5 Å². The van der Waals surface area contributed by atoms with E-state index < -0.39 is 6.10 Å². The molecule has 0 saturated heterocycles. The van der Waals surface area contributed by atoms with Crippen LogP contribution in [0.1, 0.15) is 24.7 Å². The first-order chi connectivity index (χ1) is 15.5. The third kappa shape index (κ3) is 3.62. The number of carbonyl (C=O) groups is 2. The second-order valence-electron chi connectivity index (χ2n) is 8.02. The van der Waals surface area contributed by atoms with Gasteiger partial charge in [-0.25, -0.2) is 9.37 Å². The number of halogens is 1. The van der Waals surface area contributed by atoms with Gasteiger partial charge in [0, 0.05) is 37.3 Å². The molecule has 0 radical (unpaired) electrons. The predicted octanol–water partition coefficient (Wildman–Crippen LogP) is 3.10. The molecule has 0 spiro atoms. The van der Waals surface area contributed by atoms with Crippen LogP contribution in [-0.2, 0) is 22.6 Å². The van der Waals surface area contributed by atoms with Gasteiger partial charge in [0.05, 0.1) is 24.3 Å². The lowest BCUT2D eigenvalue weighted by Crippen LogP contribution is -2.46. The van der Waals surface area contributed by atoms with Gasteiger partial charge < -0.3 is 19.1 Å². The lowest BCUT2D eigenvalue weighted by molar-refractivity contribution is -0.132. The Morgan fingerprint density at radius 1 is 1.19 bits per heavy atom. The van der Waals surface area contributed by atoms with Crippen LogP contribution < -0.4 is 9.64 Å². The van der Waals surface area contributed by atoms with Crippen LogP contribution in [0.25, 0.3) is 5.69 Å². The molecule has 0 fully saturated rings. The van der Waals surface area contributed by atoms with Crippen LogP contribution in [0.2, 0.25) is 0 Å². The van der Waals surface area contributed by atoms with E-state index in [0.29, 0.717) is 37.5 Å². The zero-order chi connectivity index (χ0) is 22.2. The molecule has 5 rings (SSSR count). The standard InChI is InChI=1S/C24H23FN4O3/c1-16-24(31)28(21-4-2-3-5-22(21)32-16)13-11-23(30)27-12-10-20-19(14-27)26-15-29(20)18-8-6-17(25)7-9-18/h2-9,15-16H,10-14H2,1H3. The lowest BCUT2D eigenvalue weighted by Gasteiger charge is -2.33. The van der Waals surface area contributed by atoms with Gasteiger partial charge in [-0.05, 0) is 43.3 Å². The van der Waals surface area contributed by atoms with Crippen LogP contribution >= 0.6 is 0 Å². The number of aromatic nitrogens is 2. The summed E-state index contributed by atoms with van der Waals surface area (Å²) in [5.74, 6) is 0.211. The fourth-order valence-electron chi connectivity index (χ4n) is 4.30. The number of imidazole rings is 1. The summed E-state index contributed by atoms with van der Waals surface area (Å²) in [6.45, 7) is 3.02. The Morgan fingerprint density at radius 2 is 1.97 bits per heavy atom. The summed E-state index contributed by atoms with van der Waals surface area (Å²) in [7, 11) is 0. The number of benzene rings is 2. The number of anilines is 1. The highest BCUT2D eigenvalue weighted by Crippen LogP contribution is 2.33. The molecular formula is C24H23FN4O3. The maximum atomic E-state index is 13.2. The van der Waals surface area contributed by atoms with E-state index in [1.54, 1.807) is 35.2 Å². The van der Waals surface area contributed by atoms with Gasteiger partial charge in [-0.1, -0.05) is 12.1 Å². The molecule has 1 aromatic heterocycles. The Labute approximate surface area is 185 Å². The first-order valence-electron chi connectivity index (χ1n) is 10.7. The van der Waals surface area contributed by atoms with E-state index in [-0.39, 0.29) is 24.1 Å². The topological polar surface area (TPSA) is 67.7 Å². The third-order valence-electron chi connectivity index (χ3n) is 5.99. The van der Waals surface area contributed by atoms with Gasteiger partial charge in [-0.15, -0.1) is 0 Å². The van der Waals surface area contributed by atoms with E-state index >= 15 is 0 Å². The molecule has 3 aromatic rings. The molecule has 2 aliphatic rings. The minimum absolute atomic E-state index is 0.0172. The number of nitrogens with zero attached hydrogens (tertiary/aromatic N) is 4. The van der Waals surface area contributed by atoms with Gasteiger partial charge in [0.25, 0.3) is 5.91 Å². The zero-order valence-electron chi connectivity index (χ0n) is 17.7. The monoisotopic (exact) mass is 434 g/mol. The molecule has 164 valence electrons. The predicted molar refractivity (Wildman–Crippen MR) is 116 cm³/mol. The molecule has 0 N–H and O–H groups in total. The van der Waals surface area contributed by atoms with E-state index in [9.17, 15) is 14.0 Å². The average Bonchev–Trinajstić information content (AvgIpc) is 3.23. The van der Waals surface area contributed by atoms with Gasteiger partial charge in [-0.3, -0.25) is 9.59 Å². The smallest absolute Gasteiger partial charge is 0.267 e. The SMILES string of the molecule is CC1Oc2ccccc2N(CCC(=O)N2CCc3c(ncn3-c3ccc(F)cc3)C2)C1=O. The highest BCUT2D eigenvalue weighted by molar-refractivity contribution is 6.00. The van der Waals surface area contributed by atoms with Crippen molar-refractivity contribution in [2.24, 2.45) is 0 Å². The molecular weight excluding hydrogens is 411 g/mol. The summed E-state index contributed by atoms with van der Waals surface area (Å²) < 4.78 is 20.9. The zero-order valence-corrected chi connectivity index (χ0v) is 17.7. The van der Waals surface area contributed by atoms with Crippen molar-refractivity contribution in [3.8, 4) is 11.4 Å². The van der Waals surface area contributed by atoms with Crippen LogP contribution in [0.3, 0.4) is 0 Å². The lowest BCUT2D eigenvalue weighted by atomic mass is 10.1. The minimum Gasteiger partial charge on any atom is -0.479 e. The van der Waals surface area contributed by atoms with Crippen LogP contribution in [0.5, 0.6) is 5.75 Å². The number of ether oxygens (including phenoxy) is 1. The molecule has 1 unspecified atom stereocenters. The van der Waals surface area contributed by atoms with Gasteiger partial charge in [0.1, 0.15) is 11.6 Å². The molecule has 0 saturated carbocycles. The molecule has 0 aliphatic carbocycles. The van der Waals surface area contributed by atoms with E-state index in [2.05, 4.69) is 4.98 Å². The van der Waals surface area contributed by atoms with Crippen molar-refractivity contribution < 1.29 is 18.7 Å². The van der Waals surface area contributed by atoms with Crippen LogP contribution in [0.4, 0.5) is 10.1 Å². The third-order valence-corrected chi connectivity index (χ3v) is 5.99. The summed E-state index contributed by atoms with van der Waals surface area (Å²) in [6.07, 6.45) is 2.03. The number of fused-ring (bicyclic) bond motifs is 2. The second-order valence-corrected chi connectivity index (χ2v) is 8.02. The molecule has 2 aromatic carbocycles. The average molecular weight is 434 g/mol. The first-order valence-corrected chi connectivity index (χ1v) is 10.7. The number of hydrogen-bond donors (Lipinski definition) is 0. The summed E-state index contributed by atoms with van der Waals surface area (Å²) in [6, 6.07) is 13.7. The van der Waals surface area contributed by atoms with E-state index in [1.165, 1.54) is 12.1 Å². The fraction of sp³-hybridized carbons (Fsp3) is 0.292. The molecule has 2 amide bonds. The minimum atomic E-state index is -0.576. The van der Waals surface area contributed by atoms with Gasteiger partial charge in [0.15, 0.2) is 6.10 Å². The largest absolute Gasteiger partial charge is 0.479 e. The molecule has 8 heteroatoms. The number of amides is 2. The van der Waals surface area contributed by atoms with Crippen molar-refractivity contribution in [1.29, 1.82) is 0 Å². The number of para-hydroxylation sites is 2. The number of carbonyl (C=O) groups excluding carboxylic acids is 2. The Hall–Kier alpha value is -3.68. The second kappa shape index (κ2) is 8.11. The summed E-state index contributed by atoms with van der Waals surface area (Å²) in [5.41, 5.74) is 3.42. The normalized spacial score (nSPS) is 17.6. The van der Waals surface area contributed by atoms with E-state index in [4.69, 9.17) is 4.74 Å². The molecule has 1 atom stereocenters. The highest BCUT2D eigenvalue weighted by atomic mass is 19.1. The van der Waals surface area contributed by atoms with Crippen molar-refractivity contribution in [2.75, 3.05) is 18.0 Å².